The van der Waals surface area contributed by atoms with Crippen LogP contribution in [0.2, 0.25) is 5.02 Å². The number of nitrogens with two attached hydrogens (primary N) is 1. The van der Waals surface area contributed by atoms with E-state index in [1.807, 2.05) is 12.1 Å². The van der Waals surface area contributed by atoms with Gasteiger partial charge in [0, 0.05) is 57.7 Å². The number of amides is 2. The van der Waals surface area contributed by atoms with Gasteiger partial charge in [-0.15, -0.1) is 0 Å². The zero-order chi connectivity index (χ0) is 31.9. The molecule has 43 heavy (non-hydrogen) atoms. The Morgan fingerprint density at radius 1 is 1.19 bits per heavy atom. The van der Waals surface area contributed by atoms with Crippen LogP contribution >= 0.6 is 11.6 Å². The third-order valence-corrected chi connectivity index (χ3v) is 8.12. The Kier molecular flexibility index (Phi) is 11.6. The number of ether oxygens (including phenoxy) is 2. The van der Waals surface area contributed by atoms with Crippen molar-refractivity contribution >= 4 is 29.4 Å². The Bertz CT molecular complexity index is 1280. The highest BCUT2D eigenvalue weighted by atomic mass is 35.5. The fourth-order valence-corrected chi connectivity index (χ4v) is 5.83. The summed E-state index contributed by atoms with van der Waals surface area (Å²) in [4.78, 5) is 44.1. The molecule has 1 saturated heterocycles. The number of halogens is 1. The standard InChI is InChI=1S/C32H45ClN4O6/c1-22-9-7-10-26(37(22)41)17-24(18-28(38)43-31(2,3)4)29(39)36-16-8-15-32(21-36,19-23-11-13-25(33)14-12-23)35(5)30(40)27(34)20-42-6/h7,9-14,24,27H,8,15-21,34H2,1-6H3. The lowest BCUT2D eigenvalue weighted by molar-refractivity contribution is -0.621. The first-order valence-corrected chi connectivity index (χ1v) is 15.0. The number of likely N-dealkylation sites (tertiary alicyclic amines) is 1. The summed E-state index contributed by atoms with van der Waals surface area (Å²) in [6.07, 6.45) is 1.61. The van der Waals surface area contributed by atoms with Gasteiger partial charge < -0.3 is 30.2 Å². The second kappa shape index (κ2) is 14.5. The van der Waals surface area contributed by atoms with Crippen molar-refractivity contribution in [3.8, 4) is 0 Å². The summed E-state index contributed by atoms with van der Waals surface area (Å²) in [7, 11) is 3.20. The Balaban J connectivity index is 1.97. The van der Waals surface area contributed by atoms with Crippen LogP contribution in [0, 0.1) is 18.0 Å². The maximum absolute atomic E-state index is 14.3. The van der Waals surface area contributed by atoms with Gasteiger partial charge in [0.15, 0.2) is 11.4 Å². The number of carbonyl (C=O) groups excluding carboxylic acids is 3. The third kappa shape index (κ3) is 9.14. The van der Waals surface area contributed by atoms with Crippen LogP contribution in [0.1, 0.15) is 57.0 Å². The van der Waals surface area contributed by atoms with E-state index in [1.54, 1.807) is 74.9 Å². The summed E-state index contributed by atoms with van der Waals surface area (Å²) in [5, 5.41) is 13.4. The van der Waals surface area contributed by atoms with Crippen molar-refractivity contribution in [3.63, 3.8) is 0 Å². The van der Waals surface area contributed by atoms with Crippen molar-refractivity contribution in [2.45, 2.75) is 77.0 Å². The molecule has 11 heteroatoms. The molecule has 2 heterocycles. The van der Waals surface area contributed by atoms with Crippen LogP contribution in [-0.4, -0.2) is 78.6 Å². The smallest absolute Gasteiger partial charge is 0.307 e. The average Bonchev–Trinajstić information content (AvgIpc) is 2.94. The SMILES string of the molecule is COCC(N)C(=O)N(C)C1(Cc2ccc(Cl)cc2)CCCN(C(=O)C(CC(=O)OC(C)(C)C)Cc2cccc(C)[n+]2[O-])C1. The van der Waals surface area contributed by atoms with Crippen molar-refractivity contribution in [1.29, 1.82) is 0 Å². The number of hydrogen-bond acceptors (Lipinski definition) is 7. The molecule has 0 bridgehead atoms. The number of carbonyl (C=O) groups is 3. The second-order valence-electron chi connectivity index (χ2n) is 12.5. The molecule has 1 fully saturated rings. The molecule has 1 aliphatic rings. The van der Waals surface area contributed by atoms with Gasteiger partial charge in [0.2, 0.25) is 11.8 Å². The lowest BCUT2D eigenvalue weighted by Crippen LogP contribution is -2.64. The number of likely N-dealkylation sites (N-methyl/N-ethyl adjacent to an activating group) is 1. The van der Waals surface area contributed by atoms with E-state index in [0.717, 1.165) is 10.3 Å². The van der Waals surface area contributed by atoms with Crippen LogP contribution < -0.4 is 10.5 Å². The molecule has 0 saturated carbocycles. The normalized spacial score (nSPS) is 18.6. The van der Waals surface area contributed by atoms with Crippen LogP contribution in [0.3, 0.4) is 0 Å². The Morgan fingerprint density at radius 3 is 2.49 bits per heavy atom. The number of aromatic nitrogens is 1. The zero-order valence-corrected chi connectivity index (χ0v) is 26.9. The van der Waals surface area contributed by atoms with Gasteiger partial charge in [-0.25, -0.2) is 0 Å². The van der Waals surface area contributed by atoms with E-state index in [9.17, 15) is 19.6 Å². The van der Waals surface area contributed by atoms with Gasteiger partial charge in [-0.1, -0.05) is 23.7 Å². The third-order valence-electron chi connectivity index (χ3n) is 7.86. The molecule has 0 aliphatic carbocycles. The van der Waals surface area contributed by atoms with Crippen molar-refractivity contribution in [3.05, 3.63) is 69.6 Å². The van der Waals surface area contributed by atoms with Gasteiger partial charge in [-0.05, 0) is 63.8 Å². The number of methoxy groups -OCH3 is 1. The first-order chi connectivity index (χ1) is 20.2. The van der Waals surface area contributed by atoms with E-state index in [1.165, 1.54) is 7.11 Å². The van der Waals surface area contributed by atoms with Crippen LogP contribution in [0.5, 0.6) is 0 Å². The molecule has 2 N–H and O–H groups in total. The van der Waals surface area contributed by atoms with Gasteiger partial charge >= 0.3 is 5.97 Å². The quantitative estimate of drug-likeness (QED) is 0.233. The minimum atomic E-state index is -0.864. The molecule has 3 rings (SSSR count). The van der Waals surface area contributed by atoms with E-state index in [0.29, 0.717) is 42.2 Å². The van der Waals surface area contributed by atoms with Gasteiger partial charge in [-0.3, -0.25) is 14.4 Å². The lowest BCUT2D eigenvalue weighted by Gasteiger charge is -2.49. The second-order valence-corrected chi connectivity index (χ2v) is 12.9. The van der Waals surface area contributed by atoms with E-state index in [-0.39, 0.29) is 37.8 Å². The molecule has 236 valence electrons. The number of piperidine rings is 1. The lowest BCUT2D eigenvalue weighted by atomic mass is 9.80. The molecule has 1 aromatic heterocycles. The number of aryl methyl sites for hydroxylation is 1. The molecule has 2 aromatic rings. The monoisotopic (exact) mass is 616 g/mol. The topological polar surface area (TPSA) is 129 Å². The molecule has 1 aliphatic heterocycles. The summed E-state index contributed by atoms with van der Waals surface area (Å²) in [6, 6.07) is 11.7. The minimum absolute atomic E-state index is 0.0620. The van der Waals surface area contributed by atoms with Crippen molar-refractivity contribution < 1.29 is 28.6 Å². The summed E-state index contributed by atoms with van der Waals surface area (Å²) < 4.78 is 11.5. The fourth-order valence-electron chi connectivity index (χ4n) is 5.71. The first kappa shape index (κ1) is 34.3. The van der Waals surface area contributed by atoms with E-state index >= 15 is 0 Å². The van der Waals surface area contributed by atoms with E-state index in [4.69, 9.17) is 26.8 Å². The molecule has 10 nitrogen and oxygen atoms in total. The van der Waals surface area contributed by atoms with Gasteiger partial charge in [0.1, 0.15) is 11.6 Å². The number of hydrogen-bond donors (Lipinski definition) is 1. The zero-order valence-electron chi connectivity index (χ0n) is 26.1. The molecule has 3 atom stereocenters. The highest BCUT2D eigenvalue weighted by molar-refractivity contribution is 6.30. The van der Waals surface area contributed by atoms with Crippen LogP contribution in [-0.2, 0) is 36.7 Å². The number of rotatable bonds is 11. The van der Waals surface area contributed by atoms with Crippen LogP contribution in [0.15, 0.2) is 42.5 Å². The number of pyridine rings is 1. The van der Waals surface area contributed by atoms with Crippen molar-refractivity contribution in [2.75, 3.05) is 33.9 Å². The average molecular weight is 617 g/mol. The first-order valence-electron chi connectivity index (χ1n) is 14.6. The van der Waals surface area contributed by atoms with Gasteiger partial charge in [-0.2, -0.15) is 4.73 Å². The van der Waals surface area contributed by atoms with Crippen molar-refractivity contribution in [2.24, 2.45) is 11.7 Å². The summed E-state index contributed by atoms with van der Waals surface area (Å²) in [5.74, 6) is -1.91. The maximum Gasteiger partial charge on any atom is 0.307 e. The largest absolute Gasteiger partial charge is 0.618 e. The Morgan fingerprint density at radius 2 is 1.86 bits per heavy atom. The molecule has 3 unspecified atom stereocenters. The van der Waals surface area contributed by atoms with Gasteiger partial charge in [0.05, 0.1) is 24.5 Å². The highest BCUT2D eigenvalue weighted by Gasteiger charge is 2.45. The minimum Gasteiger partial charge on any atom is -0.618 e. The molecular formula is C32H45ClN4O6. The predicted octanol–water partition coefficient (Wildman–Crippen LogP) is 3.21. The summed E-state index contributed by atoms with van der Waals surface area (Å²) in [5.41, 5.74) is 6.51. The highest BCUT2D eigenvalue weighted by Crippen LogP contribution is 2.33. The molecule has 0 radical (unpaired) electrons. The van der Waals surface area contributed by atoms with Crippen LogP contribution in [0.4, 0.5) is 0 Å². The Labute approximate surface area is 259 Å². The molecular weight excluding hydrogens is 572 g/mol. The molecule has 1 aromatic carbocycles. The number of nitrogens with zero attached hydrogens (tertiary/aromatic N) is 3. The van der Waals surface area contributed by atoms with Gasteiger partial charge in [0.25, 0.3) is 0 Å². The van der Waals surface area contributed by atoms with Crippen molar-refractivity contribution in [1.82, 2.24) is 9.80 Å². The summed E-state index contributed by atoms with van der Waals surface area (Å²) >= 11 is 6.14. The summed E-state index contributed by atoms with van der Waals surface area (Å²) in [6.45, 7) is 7.74. The van der Waals surface area contributed by atoms with E-state index < -0.39 is 29.1 Å². The maximum atomic E-state index is 14.3. The molecule has 2 amide bonds. The number of esters is 1. The fraction of sp³-hybridized carbons (Fsp3) is 0.562. The molecule has 0 spiro atoms. The van der Waals surface area contributed by atoms with Crippen LogP contribution in [0.25, 0.3) is 0 Å². The Hall–Kier alpha value is -3.21. The number of benzene rings is 1. The van der Waals surface area contributed by atoms with E-state index in [2.05, 4.69) is 0 Å². The predicted molar refractivity (Wildman–Crippen MR) is 164 cm³/mol.